The van der Waals surface area contributed by atoms with E-state index in [-0.39, 0.29) is 25.6 Å². The number of phosphoric ester groups is 1. The number of nitrogens with zero attached hydrogens (tertiary/aromatic N) is 4. The molecule has 0 saturated carbocycles. The van der Waals surface area contributed by atoms with Gasteiger partial charge in [0, 0.05) is 13.1 Å². The molecule has 0 spiro atoms. The van der Waals surface area contributed by atoms with Gasteiger partial charge in [-0.1, -0.05) is 12.8 Å². The molecule has 0 aromatic carbocycles. The number of carbonyl (C=O) groups is 1. The molecule has 1 aliphatic rings. The zero-order valence-electron chi connectivity index (χ0n) is 19.1. The van der Waals surface area contributed by atoms with Gasteiger partial charge in [-0.15, -0.1) is 0 Å². The molecule has 36 heavy (non-hydrogen) atoms. The van der Waals surface area contributed by atoms with Crippen LogP contribution in [0.25, 0.3) is 11.2 Å². The van der Waals surface area contributed by atoms with Crippen molar-refractivity contribution in [3.63, 3.8) is 0 Å². The molecule has 202 valence electrons. The number of alkyl halides is 3. The number of amides is 1. The number of imidazole rings is 1. The zero-order chi connectivity index (χ0) is 26.3. The number of phosphoric acid groups is 1. The fraction of sp³-hybridized carbons (Fsp3) is 0.684. The summed E-state index contributed by atoms with van der Waals surface area (Å²) in [5, 5.41) is 15.3. The summed E-state index contributed by atoms with van der Waals surface area (Å²) >= 11 is 0. The van der Waals surface area contributed by atoms with Crippen molar-refractivity contribution >= 4 is 30.7 Å². The summed E-state index contributed by atoms with van der Waals surface area (Å²) in [6.07, 6.45) is -1.07. The van der Waals surface area contributed by atoms with Crippen LogP contribution in [0.3, 0.4) is 0 Å². The Balaban J connectivity index is 1.45. The maximum Gasteiger partial charge on any atom is 0.471 e. The number of halogens is 3. The smallest absolute Gasteiger partial charge is 0.390 e. The average Bonchev–Trinajstić information content (AvgIpc) is 3.23. The van der Waals surface area contributed by atoms with Crippen LogP contribution >= 0.6 is 7.82 Å². The number of aliphatic hydroxyl groups excluding tert-OH is 1. The molecular formula is C19H28F3N6O7P. The monoisotopic (exact) mass is 540 g/mol. The van der Waals surface area contributed by atoms with Crippen molar-refractivity contribution in [3.05, 3.63) is 12.7 Å². The van der Waals surface area contributed by atoms with Gasteiger partial charge in [0.15, 0.2) is 11.5 Å². The number of fused-ring (bicyclic) bond motifs is 1. The third kappa shape index (κ3) is 8.08. The van der Waals surface area contributed by atoms with Gasteiger partial charge in [-0.05, 0) is 19.3 Å². The molecular weight excluding hydrogens is 512 g/mol. The number of unbranched alkanes of at least 4 members (excludes halogenated alkanes) is 3. The van der Waals surface area contributed by atoms with Crippen molar-refractivity contribution in [2.45, 2.75) is 56.5 Å². The minimum Gasteiger partial charge on any atom is -0.390 e. The molecule has 3 unspecified atom stereocenters. The minimum atomic E-state index is -4.87. The summed E-state index contributed by atoms with van der Waals surface area (Å²) < 4.78 is 58.9. The highest BCUT2D eigenvalue weighted by Gasteiger charge is 2.38. The molecule has 13 nitrogen and oxygen atoms in total. The lowest BCUT2D eigenvalue weighted by atomic mass is 10.0. The number of hydrogen-bond donors (Lipinski definition) is 5. The first-order chi connectivity index (χ1) is 17.0. The van der Waals surface area contributed by atoms with Gasteiger partial charge < -0.3 is 34.8 Å². The predicted molar refractivity (Wildman–Crippen MR) is 119 cm³/mol. The van der Waals surface area contributed by atoms with Crippen LogP contribution < -0.4 is 10.6 Å². The molecule has 0 aliphatic carbocycles. The van der Waals surface area contributed by atoms with Gasteiger partial charge in [0.25, 0.3) is 0 Å². The SMILES string of the molecule is O=C(NCCCCCCNc1ncnc2c1ncn2C1COC(COP(=O)(O)O)C(O)C1)C(F)(F)F. The molecule has 2 aromatic heterocycles. The van der Waals surface area contributed by atoms with E-state index in [4.69, 9.17) is 14.5 Å². The normalized spacial score (nSPS) is 21.0. The Morgan fingerprint density at radius 2 is 1.92 bits per heavy atom. The number of ether oxygens (including phenoxy) is 1. The summed E-state index contributed by atoms with van der Waals surface area (Å²) in [5.41, 5.74) is 1.02. The van der Waals surface area contributed by atoms with E-state index in [2.05, 4.69) is 24.8 Å². The largest absolute Gasteiger partial charge is 0.471 e. The number of nitrogens with one attached hydrogen (secondary N) is 2. The van der Waals surface area contributed by atoms with Gasteiger partial charge in [0.05, 0.1) is 31.7 Å². The van der Waals surface area contributed by atoms with Crippen LogP contribution in [0.5, 0.6) is 0 Å². The van der Waals surface area contributed by atoms with Gasteiger partial charge in [-0.25, -0.2) is 19.5 Å². The Hall–Kier alpha value is -2.36. The first kappa shape index (κ1) is 28.2. The Morgan fingerprint density at radius 1 is 1.19 bits per heavy atom. The fourth-order valence-electron chi connectivity index (χ4n) is 3.73. The molecule has 0 radical (unpaired) electrons. The highest BCUT2D eigenvalue weighted by Crippen LogP contribution is 2.37. The second-order valence-corrected chi connectivity index (χ2v) is 9.50. The lowest BCUT2D eigenvalue weighted by molar-refractivity contribution is -0.173. The van der Waals surface area contributed by atoms with Crippen molar-refractivity contribution in [2.24, 2.45) is 0 Å². The number of anilines is 1. The summed E-state index contributed by atoms with van der Waals surface area (Å²) in [4.78, 5) is 41.2. The van der Waals surface area contributed by atoms with Crippen LogP contribution in [-0.2, 0) is 18.6 Å². The first-order valence-corrected chi connectivity index (χ1v) is 12.7. The van der Waals surface area contributed by atoms with E-state index < -0.39 is 38.7 Å². The third-order valence-corrected chi connectivity index (χ3v) is 6.03. The molecule has 5 N–H and O–H groups in total. The van der Waals surface area contributed by atoms with Crippen molar-refractivity contribution in [3.8, 4) is 0 Å². The standard InChI is InChI=1S/C19H28F3N6O7P/c20-19(21,22)18(30)24-6-4-2-1-3-5-23-16-15-17(26-10-25-16)28(11-27-15)12-7-13(29)14(34-8-12)9-35-36(31,32)33/h10-14,29H,1-9H2,(H,24,30)(H,23,25,26)(H2,31,32,33). The highest BCUT2D eigenvalue weighted by molar-refractivity contribution is 7.46. The summed E-state index contributed by atoms with van der Waals surface area (Å²) in [6.45, 7) is 0.211. The van der Waals surface area contributed by atoms with Crippen LogP contribution in [0.2, 0.25) is 0 Å². The lowest BCUT2D eigenvalue weighted by Gasteiger charge is -2.33. The summed E-state index contributed by atoms with van der Waals surface area (Å²) in [5.74, 6) is -1.43. The number of hydrogen-bond acceptors (Lipinski definition) is 9. The van der Waals surface area contributed by atoms with Crippen molar-refractivity contribution in [1.82, 2.24) is 24.8 Å². The molecule has 3 atom stereocenters. The Kier molecular flexibility index (Phi) is 9.60. The Labute approximate surface area is 203 Å². The van der Waals surface area contributed by atoms with Gasteiger partial charge in [0.1, 0.15) is 17.9 Å². The molecule has 1 amide bonds. The summed E-state index contributed by atoms with van der Waals surface area (Å²) in [6, 6.07) is -0.322. The highest BCUT2D eigenvalue weighted by atomic mass is 31.2. The predicted octanol–water partition coefficient (Wildman–Crippen LogP) is 1.28. The van der Waals surface area contributed by atoms with E-state index in [1.165, 1.54) is 6.33 Å². The summed E-state index contributed by atoms with van der Waals surface area (Å²) in [7, 11) is -4.67. The average molecular weight is 540 g/mol. The van der Waals surface area contributed by atoms with E-state index in [1.54, 1.807) is 10.9 Å². The third-order valence-electron chi connectivity index (χ3n) is 5.54. The zero-order valence-corrected chi connectivity index (χ0v) is 20.0. The quantitative estimate of drug-likeness (QED) is 0.193. The number of rotatable bonds is 12. The van der Waals surface area contributed by atoms with E-state index >= 15 is 0 Å². The molecule has 0 bridgehead atoms. The fourth-order valence-corrected chi connectivity index (χ4v) is 4.07. The first-order valence-electron chi connectivity index (χ1n) is 11.2. The van der Waals surface area contributed by atoms with Gasteiger partial charge in [-0.3, -0.25) is 9.32 Å². The molecule has 1 saturated heterocycles. The second kappa shape index (κ2) is 12.3. The molecule has 1 fully saturated rings. The topological polar surface area (TPSA) is 181 Å². The molecule has 1 aliphatic heterocycles. The van der Waals surface area contributed by atoms with E-state index in [0.717, 1.165) is 12.8 Å². The van der Waals surface area contributed by atoms with Crippen molar-refractivity contribution in [2.75, 3.05) is 31.6 Å². The van der Waals surface area contributed by atoms with Crippen molar-refractivity contribution in [1.29, 1.82) is 0 Å². The Morgan fingerprint density at radius 3 is 2.58 bits per heavy atom. The van der Waals surface area contributed by atoms with Crippen LogP contribution in [-0.4, -0.2) is 85.0 Å². The van der Waals surface area contributed by atoms with Crippen LogP contribution in [0, 0.1) is 0 Å². The number of carbonyl (C=O) groups excluding carboxylic acids is 1. The number of aliphatic hydroxyl groups is 1. The Bertz CT molecular complexity index is 1070. The van der Waals surface area contributed by atoms with E-state index in [0.29, 0.717) is 36.4 Å². The van der Waals surface area contributed by atoms with Gasteiger partial charge in [-0.2, -0.15) is 13.2 Å². The minimum absolute atomic E-state index is 0.0350. The van der Waals surface area contributed by atoms with Gasteiger partial charge >= 0.3 is 19.9 Å². The molecule has 3 rings (SSSR count). The van der Waals surface area contributed by atoms with Crippen LogP contribution in [0.1, 0.15) is 38.1 Å². The van der Waals surface area contributed by atoms with Crippen LogP contribution in [0.4, 0.5) is 19.0 Å². The van der Waals surface area contributed by atoms with Gasteiger partial charge in [0.2, 0.25) is 0 Å². The van der Waals surface area contributed by atoms with Crippen molar-refractivity contribution < 1.29 is 46.7 Å². The maximum atomic E-state index is 12.1. The molecule has 2 aromatic rings. The maximum absolute atomic E-state index is 12.1. The number of aromatic nitrogens is 4. The second-order valence-electron chi connectivity index (χ2n) is 8.26. The lowest BCUT2D eigenvalue weighted by Crippen LogP contribution is -2.41. The van der Waals surface area contributed by atoms with Crippen LogP contribution in [0.15, 0.2) is 12.7 Å². The van der Waals surface area contributed by atoms with E-state index in [1.807, 2.05) is 5.32 Å². The molecule has 17 heteroatoms. The van der Waals surface area contributed by atoms with E-state index in [9.17, 15) is 27.6 Å². The molecule has 3 heterocycles.